The van der Waals surface area contributed by atoms with E-state index in [1.54, 1.807) is 11.3 Å². The highest BCUT2D eigenvalue weighted by molar-refractivity contribution is 7.13. The van der Waals surface area contributed by atoms with Gasteiger partial charge in [-0.1, -0.05) is 45.0 Å². The second-order valence-electron chi connectivity index (χ2n) is 5.95. The van der Waals surface area contributed by atoms with E-state index >= 15 is 0 Å². The van der Waals surface area contributed by atoms with Crippen LogP contribution in [0, 0.1) is 5.92 Å². The lowest BCUT2D eigenvalue weighted by atomic mass is 10.1. The Bertz CT molecular complexity index is 652. The van der Waals surface area contributed by atoms with Crippen LogP contribution in [0.15, 0.2) is 29.6 Å². The predicted octanol–water partition coefficient (Wildman–Crippen LogP) is 4.00. The van der Waals surface area contributed by atoms with Crippen molar-refractivity contribution < 1.29 is 9.53 Å². The number of hydrogen-bond donors (Lipinski definition) is 0. The number of hydrogen-bond acceptors (Lipinski definition) is 5. The van der Waals surface area contributed by atoms with Gasteiger partial charge in [-0.2, -0.15) is 0 Å². The van der Waals surface area contributed by atoms with E-state index in [-0.39, 0.29) is 11.9 Å². The maximum atomic E-state index is 11.6. The SMILES string of the molecule is CCc1ccc(-c2nc(CN(CC)CC(C)C(=O)OC)cs2)cc1. The van der Waals surface area contributed by atoms with Crippen LogP contribution in [-0.4, -0.2) is 36.1 Å². The van der Waals surface area contributed by atoms with Crippen LogP contribution < -0.4 is 0 Å². The molecule has 0 bridgehead atoms. The van der Waals surface area contributed by atoms with Gasteiger partial charge < -0.3 is 4.74 Å². The zero-order chi connectivity index (χ0) is 17.5. The maximum absolute atomic E-state index is 11.6. The van der Waals surface area contributed by atoms with Crippen LogP contribution in [0.1, 0.15) is 32.0 Å². The highest BCUT2D eigenvalue weighted by atomic mass is 32.1. The van der Waals surface area contributed by atoms with Crippen molar-refractivity contribution in [3.63, 3.8) is 0 Å². The molecule has 0 spiro atoms. The lowest BCUT2D eigenvalue weighted by Crippen LogP contribution is -2.32. The summed E-state index contributed by atoms with van der Waals surface area (Å²) in [6.45, 7) is 8.46. The molecular formula is C19H26N2O2S. The fourth-order valence-electron chi connectivity index (χ4n) is 2.59. The fraction of sp³-hybridized carbons (Fsp3) is 0.474. The monoisotopic (exact) mass is 346 g/mol. The minimum absolute atomic E-state index is 0.130. The summed E-state index contributed by atoms with van der Waals surface area (Å²) in [6, 6.07) is 8.59. The molecule has 0 saturated carbocycles. The molecule has 0 radical (unpaired) electrons. The molecule has 1 atom stereocenters. The summed E-state index contributed by atoms with van der Waals surface area (Å²) in [7, 11) is 1.44. The predicted molar refractivity (Wildman–Crippen MR) is 99.1 cm³/mol. The van der Waals surface area contributed by atoms with Gasteiger partial charge >= 0.3 is 5.97 Å². The number of benzene rings is 1. The molecule has 130 valence electrons. The lowest BCUT2D eigenvalue weighted by molar-refractivity contribution is -0.145. The van der Waals surface area contributed by atoms with E-state index < -0.39 is 0 Å². The van der Waals surface area contributed by atoms with E-state index in [0.717, 1.165) is 35.8 Å². The Balaban J connectivity index is 2.02. The Morgan fingerprint density at radius 2 is 2.00 bits per heavy atom. The van der Waals surface area contributed by atoms with Gasteiger partial charge in [0.05, 0.1) is 18.7 Å². The highest BCUT2D eigenvalue weighted by Gasteiger charge is 2.17. The van der Waals surface area contributed by atoms with E-state index in [2.05, 4.69) is 48.4 Å². The van der Waals surface area contributed by atoms with Crippen molar-refractivity contribution in [2.24, 2.45) is 5.92 Å². The Labute approximate surface area is 148 Å². The van der Waals surface area contributed by atoms with Crippen LogP contribution in [0.25, 0.3) is 10.6 Å². The first-order valence-corrected chi connectivity index (χ1v) is 9.29. The molecule has 1 unspecified atom stereocenters. The molecule has 1 aromatic heterocycles. The van der Waals surface area contributed by atoms with Crippen molar-refractivity contribution in [3.05, 3.63) is 40.9 Å². The van der Waals surface area contributed by atoms with Crippen LogP contribution in [-0.2, 0) is 22.5 Å². The van der Waals surface area contributed by atoms with Crippen LogP contribution in [0.4, 0.5) is 0 Å². The number of aromatic nitrogens is 1. The number of carbonyl (C=O) groups is 1. The number of ether oxygens (including phenoxy) is 1. The largest absolute Gasteiger partial charge is 0.469 e. The van der Waals surface area contributed by atoms with Crippen LogP contribution in [0.5, 0.6) is 0 Å². The standard InChI is InChI=1S/C19H26N2O2S/c1-5-15-7-9-16(10-8-15)18-20-17(13-24-18)12-21(6-2)11-14(3)19(22)23-4/h7-10,13-14H,5-6,11-12H2,1-4H3. The van der Waals surface area contributed by atoms with Gasteiger partial charge in [0.2, 0.25) is 0 Å². The number of esters is 1. The van der Waals surface area contributed by atoms with E-state index in [1.807, 2.05) is 6.92 Å². The Morgan fingerprint density at radius 3 is 2.58 bits per heavy atom. The second-order valence-corrected chi connectivity index (χ2v) is 6.80. The molecule has 0 N–H and O–H groups in total. The number of nitrogens with zero attached hydrogens (tertiary/aromatic N) is 2. The minimum Gasteiger partial charge on any atom is -0.469 e. The van der Waals surface area contributed by atoms with Gasteiger partial charge in [0, 0.05) is 24.0 Å². The molecular weight excluding hydrogens is 320 g/mol. The number of rotatable bonds is 8. The lowest BCUT2D eigenvalue weighted by Gasteiger charge is -2.22. The summed E-state index contributed by atoms with van der Waals surface area (Å²) < 4.78 is 4.81. The first kappa shape index (κ1) is 18.6. The van der Waals surface area contributed by atoms with Gasteiger partial charge in [0.1, 0.15) is 5.01 Å². The normalized spacial score (nSPS) is 12.4. The van der Waals surface area contributed by atoms with Crippen molar-refractivity contribution in [1.82, 2.24) is 9.88 Å². The van der Waals surface area contributed by atoms with Crippen molar-refractivity contribution >= 4 is 17.3 Å². The summed E-state index contributed by atoms with van der Waals surface area (Å²) in [6.07, 6.45) is 1.05. The summed E-state index contributed by atoms with van der Waals surface area (Å²) >= 11 is 1.67. The Morgan fingerprint density at radius 1 is 1.29 bits per heavy atom. The topological polar surface area (TPSA) is 42.4 Å². The molecule has 0 aliphatic heterocycles. The average Bonchev–Trinajstić information content (AvgIpc) is 3.08. The molecule has 0 amide bonds. The van der Waals surface area contributed by atoms with Crippen molar-refractivity contribution in [2.45, 2.75) is 33.7 Å². The molecule has 2 rings (SSSR count). The molecule has 0 saturated heterocycles. The number of thiazole rings is 1. The third-order valence-corrected chi connectivity index (χ3v) is 5.07. The van der Waals surface area contributed by atoms with Gasteiger partial charge in [0.25, 0.3) is 0 Å². The van der Waals surface area contributed by atoms with Gasteiger partial charge in [-0.3, -0.25) is 9.69 Å². The molecule has 24 heavy (non-hydrogen) atoms. The quantitative estimate of drug-likeness (QED) is 0.678. The molecule has 0 aliphatic carbocycles. The smallest absolute Gasteiger partial charge is 0.309 e. The van der Waals surface area contributed by atoms with Gasteiger partial charge in [-0.05, 0) is 18.5 Å². The molecule has 5 heteroatoms. The van der Waals surface area contributed by atoms with Gasteiger partial charge in [0.15, 0.2) is 0 Å². The van der Waals surface area contributed by atoms with Crippen LogP contribution >= 0.6 is 11.3 Å². The van der Waals surface area contributed by atoms with Gasteiger partial charge in [-0.15, -0.1) is 11.3 Å². The zero-order valence-corrected chi connectivity index (χ0v) is 15.7. The molecule has 1 aromatic carbocycles. The molecule has 2 aromatic rings. The number of carbonyl (C=O) groups excluding carboxylic acids is 1. The summed E-state index contributed by atoms with van der Waals surface area (Å²) in [5.74, 6) is -0.293. The second kappa shape index (κ2) is 8.94. The number of aryl methyl sites for hydroxylation is 1. The molecule has 1 heterocycles. The maximum Gasteiger partial charge on any atom is 0.309 e. The third kappa shape index (κ3) is 4.89. The van der Waals surface area contributed by atoms with Crippen LogP contribution in [0.2, 0.25) is 0 Å². The van der Waals surface area contributed by atoms with Crippen LogP contribution in [0.3, 0.4) is 0 Å². The third-order valence-electron chi connectivity index (χ3n) is 4.13. The molecule has 0 fully saturated rings. The first-order valence-electron chi connectivity index (χ1n) is 8.41. The fourth-order valence-corrected chi connectivity index (χ4v) is 3.41. The molecule has 0 aliphatic rings. The average molecular weight is 346 g/mol. The Hall–Kier alpha value is -1.72. The van der Waals surface area contributed by atoms with E-state index in [0.29, 0.717) is 6.54 Å². The van der Waals surface area contributed by atoms with Crippen molar-refractivity contribution in [1.29, 1.82) is 0 Å². The van der Waals surface area contributed by atoms with E-state index in [9.17, 15) is 4.79 Å². The molecule has 4 nitrogen and oxygen atoms in total. The van der Waals surface area contributed by atoms with E-state index in [1.165, 1.54) is 12.7 Å². The number of methoxy groups -OCH3 is 1. The van der Waals surface area contributed by atoms with E-state index in [4.69, 9.17) is 9.72 Å². The Kier molecular flexibility index (Phi) is 6.94. The zero-order valence-electron chi connectivity index (χ0n) is 14.9. The summed E-state index contributed by atoms with van der Waals surface area (Å²) in [4.78, 5) is 18.6. The summed E-state index contributed by atoms with van der Waals surface area (Å²) in [5, 5.41) is 3.15. The minimum atomic E-state index is -0.163. The first-order chi connectivity index (χ1) is 11.6. The van der Waals surface area contributed by atoms with Crippen molar-refractivity contribution in [2.75, 3.05) is 20.2 Å². The summed E-state index contributed by atoms with van der Waals surface area (Å²) in [5.41, 5.74) is 3.55. The van der Waals surface area contributed by atoms with Gasteiger partial charge in [-0.25, -0.2) is 4.98 Å². The highest BCUT2D eigenvalue weighted by Crippen LogP contribution is 2.25. The van der Waals surface area contributed by atoms with Crippen molar-refractivity contribution in [3.8, 4) is 10.6 Å².